The minimum atomic E-state index is 0.596. The number of halogens is 1. The molecule has 0 atom stereocenters. The summed E-state index contributed by atoms with van der Waals surface area (Å²) < 4.78 is 7.05. The van der Waals surface area contributed by atoms with Gasteiger partial charge in [0.05, 0.1) is 6.54 Å². The van der Waals surface area contributed by atoms with E-state index in [1.807, 2.05) is 6.07 Å². The van der Waals surface area contributed by atoms with Crippen LogP contribution >= 0.6 is 15.9 Å². The van der Waals surface area contributed by atoms with Gasteiger partial charge >= 0.3 is 0 Å². The van der Waals surface area contributed by atoms with Crippen molar-refractivity contribution in [1.82, 2.24) is 0 Å². The summed E-state index contributed by atoms with van der Waals surface area (Å²) in [7, 11) is 0. The number of hydrogen-bond donors (Lipinski definition) is 0. The molecule has 3 aromatic rings. The normalized spacial score (nSPS) is 13.9. The molecule has 0 N–H and O–H groups in total. The van der Waals surface area contributed by atoms with Gasteiger partial charge in [0.25, 0.3) is 0 Å². The molecule has 0 aliphatic carbocycles. The average Bonchev–Trinajstić information content (AvgIpc) is 2.54. The number of hydrogen-bond acceptors (Lipinski definition) is 2. The predicted molar refractivity (Wildman–Crippen MR) is 89.8 cm³/mol. The lowest BCUT2D eigenvalue weighted by molar-refractivity contribution is 0.290. The molecule has 0 bridgehead atoms. The van der Waals surface area contributed by atoms with Crippen molar-refractivity contribution in [2.24, 2.45) is 0 Å². The van der Waals surface area contributed by atoms with Gasteiger partial charge in [-0.3, -0.25) is 0 Å². The average molecular weight is 340 g/mol. The Morgan fingerprint density at radius 2 is 1.81 bits per heavy atom. The number of fused-ring (bicyclic) bond motifs is 3. The number of nitrogens with zero attached hydrogens (tertiary/aromatic N) is 1. The molecule has 3 heteroatoms. The zero-order chi connectivity index (χ0) is 14.2. The lowest BCUT2D eigenvalue weighted by Crippen LogP contribution is -2.31. The maximum atomic E-state index is 5.94. The second kappa shape index (κ2) is 5.08. The van der Waals surface area contributed by atoms with Gasteiger partial charge in [0, 0.05) is 15.7 Å². The second-order valence-electron chi connectivity index (χ2n) is 5.21. The van der Waals surface area contributed by atoms with Gasteiger partial charge in [0.15, 0.2) is 6.73 Å². The molecule has 0 unspecified atom stereocenters. The fraction of sp³-hybridized carbons (Fsp3) is 0.111. The molecule has 3 aromatic carbocycles. The highest BCUT2D eigenvalue weighted by molar-refractivity contribution is 9.10. The highest BCUT2D eigenvalue weighted by atomic mass is 79.9. The summed E-state index contributed by atoms with van der Waals surface area (Å²) in [6, 6.07) is 21.0. The van der Waals surface area contributed by atoms with Gasteiger partial charge in [-0.05, 0) is 41.1 Å². The van der Waals surface area contributed by atoms with Crippen LogP contribution in [0.1, 0.15) is 5.56 Å². The molecule has 1 heterocycles. The van der Waals surface area contributed by atoms with Crippen LogP contribution in [-0.4, -0.2) is 6.73 Å². The molecule has 0 amide bonds. The van der Waals surface area contributed by atoms with Crippen LogP contribution in [0.3, 0.4) is 0 Å². The Morgan fingerprint density at radius 1 is 0.952 bits per heavy atom. The van der Waals surface area contributed by atoms with Crippen molar-refractivity contribution in [3.8, 4) is 5.75 Å². The van der Waals surface area contributed by atoms with Crippen LogP contribution < -0.4 is 9.64 Å². The minimum absolute atomic E-state index is 0.596. The first-order valence-corrected chi connectivity index (χ1v) is 7.74. The van der Waals surface area contributed by atoms with Gasteiger partial charge in [-0.1, -0.05) is 46.3 Å². The number of anilines is 1. The second-order valence-corrected chi connectivity index (χ2v) is 6.13. The SMILES string of the molecule is Brc1ccc2c3c(ccc2c1)OCN(c1ccccc1)C3. The van der Waals surface area contributed by atoms with Crippen LogP contribution in [0.5, 0.6) is 5.75 Å². The number of rotatable bonds is 1. The third-order valence-corrected chi connectivity index (χ3v) is 4.39. The van der Waals surface area contributed by atoms with E-state index < -0.39 is 0 Å². The summed E-state index contributed by atoms with van der Waals surface area (Å²) in [4.78, 5) is 2.25. The van der Waals surface area contributed by atoms with Crippen LogP contribution in [0.4, 0.5) is 5.69 Å². The van der Waals surface area contributed by atoms with Gasteiger partial charge in [0.2, 0.25) is 0 Å². The molecule has 2 nitrogen and oxygen atoms in total. The highest BCUT2D eigenvalue weighted by Crippen LogP contribution is 2.34. The third kappa shape index (κ3) is 2.28. The first kappa shape index (κ1) is 12.7. The Morgan fingerprint density at radius 3 is 2.67 bits per heavy atom. The Hall–Kier alpha value is -2.00. The highest BCUT2D eigenvalue weighted by Gasteiger charge is 2.19. The van der Waals surface area contributed by atoms with Gasteiger partial charge in [-0.15, -0.1) is 0 Å². The van der Waals surface area contributed by atoms with E-state index in [1.54, 1.807) is 0 Å². The molecule has 0 saturated heterocycles. The van der Waals surface area contributed by atoms with Crippen molar-refractivity contribution in [3.05, 3.63) is 70.7 Å². The Labute approximate surface area is 132 Å². The van der Waals surface area contributed by atoms with Crippen LogP contribution in [0.2, 0.25) is 0 Å². The van der Waals surface area contributed by atoms with Gasteiger partial charge in [-0.2, -0.15) is 0 Å². The molecule has 104 valence electrons. The molecule has 0 fully saturated rings. The maximum Gasteiger partial charge on any atom is 0.161 e. The largest absolute Gasteiger partial charge is 0.473 e. The van der Waals surface area contributed by atoms with E-state index in [9.17, 15) is 0 Å². The smallest absolute Gasteiger partial charge is 0.161 e. The van der Waals surface area contributed by atoms with E-state index in [2.05, 4.69) is 75.4 Å². The van der Waals surface area contributed by atoms with Crippen molar-refractivity contribution < 1.29 is 4.74 Å². The molecule has 1 aliphatic rings. The minimum Gasteiger partial charge on any atom is -0.473 e. The van der Waals surface area contributed by atoms with E-state index in [1.165, 1.54) is 22.0 Å². The monoisotopic (exact) mass is 339 g/mol. The Balaban J connectivity index is 1.80. The van der Waals surface area contributed by atoms with Crippen molar-refractivity contribution in [1.29, 1.82) is 0 Å². The first-order chi connectivity index (χ1) is 10.3. The number of ether oxygens (including phenoxy) is 1. The summed E-state index contributed by atoms with van der Waals surface area (Å²) in [6.45, 7) is 1.47. The van der Waals surface area contributed by atoms with Gasteiger partial charge in [0.1, 0.15) is 5.75 Å². The van der Waals surface area contributed by atoms with Crippen LogP contribution in [-0.2, 0) is 6.54 Å². The summed E-state index contributed by atoms with van der Waals surface area (Å²) in [5.41, 5.74) is 2.45. The van der Waals surface area contributed by atoms with Crippen LogP contribution in [0.25, 0.3) is 10.8 Å². The van der Waals surface area contributed by atoms with Gasteiger partial charge < -0.3 is 9.64 Å². The summed E-state index contributed by atoms with van der Waals surface area (Å²) in [5, 5.41) is 2.50. The third-order valence-electron chi connectivity index (χ3n) is 3.90. The first-order valence-electron chi connectivity index (χ1n) is 6.95. The summed E-state index contributed by atoms with van der Waals surface area (Å²) >= 11 is 3.54. The van der Waals surface area contributed by atoms with Crippen molar-refractivity contribution in [2.75, 3.05) is 11.6 Å². The molecule has 0 spiro atoms. The predicted octanol–water partition coefficient (Wildman–Crippen LogP) is 4.96. The molecule has 4 rings (SSSR count). The van der Waals surface area contributed by atoms with Crippen molar-refractivity contribution in [3.63, 3.8) is 0 Å². The lowest BCUT2D eigenvalue weighted by Gasteiger charge is -2.31. The molecule has 1 aliphatic heterocycles. The summed E-state index contributed by atoms with van der Waals surface area (Å²) in [5.74, 6) is 0.997. The van der Waals surface area contributed by atoms with Crippen molar-refractivity contribution in [2.45, 2.75) is 6.54 Å². The maximum absolute atomic E-state index is 5.94. The fourth-order valence-corrected chi connectivity index (χ4v) is 3.21. The Bertz CT molecular complexity index is 801. The van der Waals surface area contributed by atoms with E-state index in [-0.39, 0.29) is 0 Å². The van der Waals surface area contributed by atoms with Crippen molar-refractivity contribution >= 4 is 32.4 Å². The molecule has 0 saturated carbocycles. The molecule has 0 aromatic heterocycles. The standard InChI is InChI=1S/C18H14BrNO/c19-14-7-8-16-13(10-14)6-9-18-17(16)11-20(12-21-18)15-4-2-1-3-5-15/h1-10H,11-12H2. The summed E-state index contributed by atoms with van der Waals surface area (Å²) in [6.07, 6.45) is 0. The fourth-order valence-electron chi connectivity index (χ4n) is 2.83. The van der Waals surface area contributed by atoms with E-state index >= 15 is 0 Å². The zero-order valence-corrected chi connectivity index (χ0v) is 13.0. The number of para-hydroxylation sites is 1. The molecular weight excluding hydrogens is 326 g/mol. The number of benzene rings is 3. The lowest BCUT2D eigenvalue weighted by atomic mass is 10.0. The van der Waals surface area contributed by atoms with E-state index in [0.29, 0.717) is 6.73 Å². The molecule has 21 heavy (non-hydrogen) atoms. The van der Waals surface area contributed by atoms with Crippen LogP contribution in [0.15, 0.2) is 65.1 Å². The molecular formula is C18H14BrNO. The van der Waals surface area contributed by atoms with Gasteiger partial charge in [-0.25, -0.2) is 0 Å². The zero-order valence-electron chi connectivity index (χ0n) is 11.4. The van der Waals surface area contributed by atoms with E-state index in [0.717, 1.165) is 16.8 Å². The quantitative estimate of drug-likeness (QED) is 0.621. The molecule has 0 radical (unpaired) electrons. The van der Waals surface area contributed by atoms with Crippen LogP contribution in [0, 0.1) is 0 Å². The topological polar surface area (TPSA) is 12.5 Å². The van der Waals surface area contributed by atoms with E-state index in [4.69, 9.17) is 4.74 Å². The Kier molecular flexibility index (Phi) is 3.08.